The second kappa shape index (κ2) is 5.51. The minimum Gasteiger partial charge on any atom is -0.391 e. The number of hydrogen-bond acceptors (Lipinski definition) is 5. The van der Waals surface area contributed by atoms with E-state index in [1.54, 1.807) is 12.1 Å². The van der Waals surface area contributed by atoms with Crippen LogP contribution in [0.1, 0.15) is 0 Å². The van der Waals surface area contributed by atoms with Gasteiger partial charge in [-0.3, -0.25) is 0 Å². The third-order valence-electron chi connectivity index (χ3n) is 2.49. The highest BCUT2D eigenvalue weighted by Gasteiger charge is 2.32. The van der Waals surface area contributed by atoms with E-state index in [2.05, 4.69) is 15.9 Å². The van der Waals surface area contributed by atoms with Gasteiger partial charge in [0.05, 0.1) is 10.4 Å². The summed E-state index contributed by atoms with van der Waals surface area (Å²) in [5.41, 5.74) is 5.50. The van der Waals surface area contributed by atoms with Gasteiger partial charge in [-0.25, -0.2) is 8.42 Å². The molecule has 1 saturated heterocycles. The Morgan fingerprint density at radius 1 is 1.61 bits per heavy atom. The summed E-state index contributed by atoms with van der Waals surface area (Å²) in [6.45, 7) is 0.790. The zero-order valence-corrected chi connectivity index (χ0v) is 13.2. The average molecular weight is 371 g/mol. The molecule has 0 spiro atoms. The number of halogens is 1. The van der Waals surface area contributed by atoms with Crippen LogP contribution in [0, 0.1) is 0 Å². The quantitative estimate of drug-likeness (QED) is 0.808. The molecule has 1 aliphatic heterocycles. The lowest BCUT2D eigenvalue weighted by Gasteiger charge is -2.31. The fourth-order valence-electron chi connectivity index (χ4n) is 1.58. The van der Waals surface area contributed by atoms with Gasteiger partial charge in [-0.1, -0.05) is 12.2 Å². The third-order valence-corrected chi connectivity index (χ3v) is 6.71. The standard InChI is InChI=1S/C9H11BrN2O3S3/c10-7-1-2-8(17-7)18(13,14)12-3-4-15-6(5-12)9(11)16/h1-2,6H,3-5H2,(H2,11,16). The molecule has 0 saturated carbocycles. The van der Waals surface area contributed by atoms with E-state index in [0.29, 0.717) is 17.4 Å². The van der Waals surface area contributed by atoms with Gasteiger partial charge in [0.1, 0.15) is 15.3 Å². The predicted molar refractivity (Wildman–Crippen MR) is 77.3 cm³/mol. The van der Waals surface area contributed by atoms with E-state index in [1.165, 1.54) is 15.6 Å². The molecule has 2 N–H and O–H groups in total. The Kier molecular flexibility index (Phi) is 4.40. The summed E-state index contributed by atoms with van der Waals surface area (Å²) in [4.78, 5) is 0.183. The molecule has 1 atom stereocenters. The molecular weight excluding hydrogens is 360 g/mol. The number of rotatable bonds is 3. The van der Waals surface area contributed by atoms with Crippen LogP contribution in [-0.4, -0.2) is 43.5 Å². The van der Waals surface area contributed by atoms with E-state index in [9.17, 15) is 8.42 Å². The fourth-order valence-corrected chi connectivity index (χ4v) is 5.31. The Hall–Kier alpha value is -0.0600. The summed E-state index contributed by atoms with van der Waals surface area (Å²) in [7, 11) is -3.48. The molecule has 2 heterocycles. The molecule has 1 fully saturated rings. The van der Waals surface area contributed by atoms with Gasteiger partial charge in [0, 0.05) is 13.1 Å². The predicted octanol–water partition coefficient (Wildman–Crippen LogP) is 1.19. The minimum atomic E-state index is -3.48. The zero-order chi connectivity index (χ0) is 13.3. The molecule has 1 unspecified atom stereocenters. The van der Waals surface area contributed by atoms with Crippen LogP contribution >= 0.6 is 39.5 Å². The zero-order valence-electron chi connectivity index (χ0n) is 9.21. The van der Waals surface area contributed by atoms with Crippen molar-refractivity contribution in [3.8, 4) is 0 Å². The summed E-state index contributed by atoms with van der Waals surface area (Å²) >= 11 is 9.27. The van der Waals surface area contributed by atoms with Crippen LogP contribution in [0.2, 0.25) is 0 Å². The van der Waals surface area contributed by atoms with Crippen molar-refractivity contribution in [1.29, 1.82) is 0 Å². The van der Waals surface area contributed by atoms with E-state index < -0.39 is 16.1 Å². The maximum absolute atomic E-state index is 12.3. The van der Waals surface area contributed by atoms with Crippen molar-refractivity contribution in [2.24, 2.45) is 5.73 Å². The second-order valence-corrected chi connectivity index (χ2v) is 8.78. The van der Waals surface area contributed by atoms with Crippen LogP contribution in [0.15, 0.2) is 20.1 Å². The van der Waals surface area contributed by atoms with Crippen LogP contribution in [-0.2, 0) is 14.8 Å². The van der Waals surface area contributed by atoms with E-state index in [1.807, 2.05) is 0 Å². The van der Waals surface area contributed by atoms with Gasteiger partial charge in [0.2, 0.25) is 0 Å². The Labute approximate surface area is 123 Å². The number of nitrogens with two attached hydrogens (primary N) is 1. The monoisotopic (exact) mass is 370 g/mol. The first-order valence-electron chi connectivity index (χ1n) is 5.07. The second-order valence-electron chi connectivity index (χ2n) is 3.68. The number of morpholine rings is 1. The van der Waals surface area contributed by atoms with Crippen molar-refractivity contribution in [2.75, 3.05) is 19.7 Å². The molecule has 0 radical (unpaired) electrons. The van der Waals surface area contributed by atoms with Gasteiger partial charge in [0.25, 0.3) is 10.0 Å². The van der Waals surface area contributed by atoms with Crippen molar-refractivity contribution >= 4 is 54.5 Å². The average Bonchev–Trinajstić information content (AvgIpc) is 2.77. The minimum absolute atomic E-state index is 0.174. The van der Waals surface area contributed by atoms with Gasteiger partial charge < -0.3 is 10.5 Å². The highest BCUT2D eigenvalue weighted by Crippen LogP contribution is 2.29. The largest absolute Gasteiger partial charge is 0.391 e. The lowest BCUT2D eigenvalue weighted by Crippen LogP contribution is -2.49. The number of sulfonamides is 1. The molecule has 1 aromatic rings. The molecule has 0 amide bonds. The van der Waals surface area contributed by atoms with Gasteiger partial charge in [-0.15, -0.1) is 11.3 Å². The number of nitrogens with zero attached hydrogens (tertiary/aromatic N) is 1. The van der Waals surface area contributed by atoms with Gasteiger partial charge in [0.15, 0.2) is 0 Å². The first kappa shape index (κ1) is 14.4. The molecule has 0 bridgehead atoms. The molecule has 1 aliphatic rings. The number of thiophene rings is 1. The maximum atomic E-state index is 12.3. The number of hydrogen-bond donors (Lipinski definition) is 1. The lowest BCUT2D eigenvalue weighted by atomic mass is 10.3. The first-order valence-corrected chi connectivity index (χ1v) is 8.53. The molecule has 18 heavy (non-hydrogen) atoms. The van der Waals surface area contributed by atoms with Crippen LogP contribution in [0.3, 0.4) is 0 Å². The normalized spacial score (nSPS) is 21.9. The maximum Gasteiger partial charge on any atom is 0.252 e. The summed E-state index contributed by atoms with van der Waals surface area (Å²) < 4.78 is 32.5. The molecular formula is C9H11BrN2O3S3. The fraction of sp³-hybridized carbons (Fsp3) is 0.444. The summed E-state index contributed by atoms with van der Waals surface area (Å²) in [5, 5.41) is 0. The Morgan fingerprint density at radius 2 is 2.33 bits per heavy atom. The molecule has 0 aliphatic carbocycles. The SMILES string of the molecule is NC(=S)C1CN(S(=O)(=O)c2ccc(Br)s2)CCO1. The van der Waals surface area contributed by atoms with E-state index in [0.717, 1.165) is 3.79 Å². The Bertz CT molecular complexity index is 557. The van der Waals surface area contributed by atoms with Crippen molar-refractivity contribution in [3.05, 3.63) is 15.9 Å². The summed E-state index contributed by atoms with van der Waals surface area (Å²) in [6, 6.07) is 3.29. The van der Waals surface area contributed by atoms with Crippen LogP contribution in [0.25, 0.3) is 0 Å². The number of ether oxygens (including phenoxy) is 1. The molecule has 100 valence electrons. The van der Waals surface area contributed by atoms with Crippen molar-refractivity contribution in [2.45, 2.75) is 10.3 Å². The molecule has 1 aromatic heterocycles. The topological polar surface area (TPSA) is 72.6 Å². The van der Waals surface area contributed by atoms with Crippen LogP contribution in [0.5, 0.6) is 0 Å². The van der Waals surface area contributed by atoms with E-state index in [-0.39, 0.29) is 11.5 Å². The highest BCUT2D eigenvalue weighted by molar-refractivity contribution is 9.11. The smallest absolute Gasteiger partial charge is 0.252 e. The Morgan fingerprint density at radius 3 is 2.89 bits per heavy atom. The summed E-state index contributed by atoms with van der Waals surface area (Å²) in [5.74, 6) is 0. The molecule has 5 nitrogen and oxygen atoms in total. The molecule has 0 aromatic carbocycles. The van der Waals surface area contributed by atoms with Gasteiger partial charge in [-0.05, 0) is 28.1 Å². The van der Waals surface area contributed by atoms with Gasteiger partial charge in [-0.2, -0.15) is 4.31 Å². The van der Waals surface area contributed by atoms with E-state index >= 15 is 0 Å². The summed E-state index contributed by atoms with van der Waals surface area (Å²) in [6.07, 6.45) is -0.507. The van der Waals surface area contributed by atoms with E-state index in [4.69, 9.17) is 22.7 Å². The number of thiocarbonyl (C=S) groups is 1. The van der Waals surface area contributed by atoms with Crippen LogP contribution in [0.4, 0.5) is 0 Å². The van der Waals surface area contributed by atoms with Crippen molar-refractivity contribution in [3.63, 3.8) is 0 Å². The molecule has 2 rings (SSSR count). The lowest BCUT2D eigenvalue weighted by molar-refractivity contribution is 0.0387. The van der Waals surface area contributed by atoms with Crippen molar-refractivity contribution < 1.29 is 13.2 Å². The first-order chi connectivity index (χ1) is 8.41. The third kappa shape index (κ3) is 2.91. The highest BCUT2D eigenvalue weighted by atomic mass is 79.9. The van der Waals surface area contributed by atoms with Gasteiger partial charge >= 0.3 is 0 Å². The Balaban J connectivity index is 2.22. The molecule has 9 heteroatoms. The van der Waals surface area contributed by atoms with Crippen molar-refractivity contribution in [1.82, 2.24) is 4.31 Å². The van der Waals surface area contributed by atoms with Crippen LogP contribution < -0.4 is 5.73 Å².